The number of H-pyrrole nitrogens is 1. The maximum atomic E-state index is 10.7. The summed E-state index contributed by atoms with van der Waals surface area (Å²) in [4.78, 5) is 10.7. The van der Waals surface area contributed by atoms with Crippen molar-refractivity contribution in [2.45, 2.75) is 6.42 Å². The van der Waals surface area contributed by atoms with Crippen LogP contribution in [0.3, 0.4) is 0 Å². The molecule has 1 heterocycles. The molecule has 0 fully saturated rings. The third-order valence-corrected chi connectivity index (χ3v) is 1.97. The first-order chi connectivity index (χ1) is 6.66. The maximum Gasteiger partial charge on any atom is 0.223 e. The van der Waals surface area contributed by atoms with Crippen LogP contribution in [0.25, 0.3) is 10.9 Å². The summed E-state index contributed by atoms with van der Waals surface area (Å²) in [5.41, 5.74) is 6.40. The van der Waals surface area contributed by atoms with Gasteiger partial charge in [0.05, 0.1) is 17.6 Å². The van der Waals surface area contributed by atoms with Gasteiger partial charge in [-0.25, -0.2) is 0 Å². The second-order valence-corrected chi connectivity index (χ2v) is 3.05. The Balaban J connectivity index is 2.55. The highest BCUT2D eigenvalue weighted by Crippen LogP contribution is 2.21. The lowest BCUT2D eigenvalue weighted by atomic mass is 10.1. The second kappa shape index (κ2) is 3.02. The molecule has 5 nitrogen and oxygen atoms in total. The summed E-state index contributed by atoms with van der Waals surface area (Å²) in [6.45, 7) is 0. The number of amides is 1. The summed E-state index contributed by atoms with van der Waals surface area (Å²) in [5.74, 6) is -0.288. The zero-order valence-electron chi connectivity index (χ0n) is 7.32. The van der Waals surface area contributed by atoms with Crippen molar-refractivity contribution in [2.75, 3.05) is 0 Å². The summed E-state index contributed by atoms with van der Waals surface area (Å²) in [6, 6.07) is 4.76. The van der Waals surface area contributed by atoms with Gasteiger partial charge >= 0.3 is 0 Å². The molecule has 1 aromatic heterocycles. The largest absolute Gasteiger partial charge is 0.508 e. The average molecular weight is 191 g/mol. The number of carbonyl (C=O) groups is 1. The highest BCUT2D eigenvalue weighted by Gasteiger charge is 2.07. The molecule has 2 rings (SSSR count). The van der Waals surface area contributed by atoms with Crippen LogP contribution >= 0.6 is 0 Å². The summed E-state index contributed by atoms with van der Waals surface area (Å²) in [6.07, 6.45) is 0.0972. The summed E-state index contributed by atoms with van der Waals surface area (Å²) in [7, 11) is 0. The Hall–Kier alpha value is -2.04. The number of hydrogen-bond acceptors (Lipinski definition) is 3. The molecular formula is C9H9N3O2. The third-order valence-electron chi connectivity index (χ3n) is 1.97. The summed E-state index contributed by atoms with van der Waals surface area (Å²) in [5, 5.41) is 16.7. The second-order valence-electron chi connectivity index (χ2n) is 3.05. The Bertz CT molecular complexity index is 490. The van der Waals surface area contributed by atoms with Crippen LogP contribution in [-0.2, 0) is 11.2 Å². The Kier molecular flexibility index (Phi) is 1.85. The Morgan fingerprint density at radius 2 is 2.36 bits per heavy atom. The number of hydrogen-bond donors (Lipinski definition) is 3. The number of phenols is 1. The van der Waals surface area contributed by atoms with E-state index in [9.17, 15) is 9.90 Å². The topological polar surface area (TPSA) is 92.0 Å². The van der Waals surface area contributed by atoms with Crippen molar-refractivity contribution in [3.8, 4) is 5.75 Å². The van der Waals surface area contributed by atoms with Crippen LogP contribution in [0.5, 0.6) is 5.75 Å². The Labute approximate surface area is 79.5 Å². The Morgan fingerprint density at radius 3 is 3.07 bits per heavy atom. The number of aromatic nitrogens is 2. The molecule has 0 aliphatic carbocycles. The van der Waals surface area contributed by atoms with E-state index in [0.717, 1.165) is 5.39 Å². The van der Waals surface area contributed by atoms with Crippen LogP contribution in [0.1, 0.15) is 5.69 Å². The van der Waals surface area contributed by atoms with Crippen molar-refractivity contribution in [3.63, 3.8) is 0 Å². The van der Waals surface area contributed by atoms with Gasteiger partial charge in [0.1, 0.15) is 5.75 Å². The van der Waals surface area contributed by atoms with Gasteiger partial charge in [-0.05, 0) is 18.2 Å². The van der Waals surface area contributed by atoms with Gasteiger partial charge in [0.15, 0.2) is 0 Å². The van der Waals surface area contributed by atoms with Gasteiger partial charge in [-0.3, -0.25) is 9.89 Å². The molecule has 0 aliphatic rings. The molecule has 0 radical (unpaired) electrons. The van der Waals surface area contributed by atoms with E-state index >= 15 is 0 Å². The van der Waals surface area contributed by atoms with Gasteiger partial charge in [0.25, 0.3) is 0 Å². The number of phenolic OH excluding ortho intramolecular Hbond substituents is 1. The van der Waals surface area contributed by atoms with Crippen molar-refractivity contribution in [1.82, 2.24) is 10.2 Å². The molecule has 0 atom stereocenters. The minimum atomic E-state index is -0.432. The standard InChI is InChI=1S/C9H9N3O2/c10-9(14)4-8-6-3-5(13)1-2-7(6)11-12-8/h1-3,13H,4H2,(H2,10,14)(H,11,12). The normalized spacial score (nSPS) is 10.6. The first-order valence-electron chi connectivity index (χ1n) is 4.11. The van der Waals surface area contributed by atoms with Gasteiger partial charge in [0, 0.05) is 5.39 Å². The van der Waals surface area contributed by atoms with Crippen molar-refractivity contribution in [1.29, 1.82) is 0 Å². The van der Waals surface area contributed by atoms with Crippen LogP contribution < -0.4 is 5.73 Å². The van der Waals surface area contributed by atoms with Crippen LogP contribution in [0.15, 0.2) is 18.2 Å². The number of rotatable bonds is 2. The lowest BCUT2D eigenvalue weighted by molar-refractivity contribution is -0.117. The van der Waals surface area contributed by atoms with E-state index in [2.05, 4.69) is 10.2 Å². The number of primary amides is 1. The number of fused-ring (bicyclic) bond motifs is 1. The molecule has 72 valence electrons. The molecule has 1 aromatic carbocycles. The quantitative estimate of drug-likeness (QED) is 0.637. The number of nitrogens with one attached hydrogen (secondary N) is 1. The van der Waals surface area contributed by atoms with Gasteiger partial charge in [-0.2, -0.15) is 5.10 Å². The van der Waals surface area contributed by atoms with Crippen LogP contribution in [0.4, 0.5) is 0 Å². The molecule has 2 aromatic rings. The first-order valence-corrected chi connectivity index (χ1v) is 4.11. The molecule has 4 N–H and O–H groups in total. The zero-order valence-corrected chi connectivity index (χ0v) is 7.32. The summed E-state index contributed by atoms with van der Waals surface area (Å²) >= 11 is 0. The van der Waals surface area contributed by atoms with Crippen molar-refractivity contribution in [3.05, 3.63) is 23.9 Å². The molecule has 1 amide bonds. The van der Waals surface area contributed by atoms with Crippen molar-refractivity contribution >= 4 is 16.8 Å². The third kappa shape index (κ3) is 1.39. The predicted molar refractivity (Wildman–Crippen MR) is 50.7 cm³/mol. The predicted octanol–water partition coefficient (Wildman–Crippen LogP) is 0.296. The van der Waals surface area contributed by atoms with Crippen LogP contribution in [0.2, 0.25) is 0 Å². The number of aromatic amines is 1. The zero-order chi connectivity index (χ0) is 10.1. The smallest absolute Gasteiger partial charge is 0.223 e. The van der Waals surface area contributed by atoms with E-state index in [1.807, 2.05) is 0 Å². The van der Waals surface area contributed by atoms with Crippen molar-refractivity contribution < 1.29 is 9.90 Å². The lowest BCUT2D eigenvalue weighted by Gasteiger charge is -1.94. The van der Waals surface area contributed by atoms with Gasteiger partial charge in [-0.15, -0.1) is 0 Å². The molecular weight excluding hydrogens is 182 g/mol. The molecule has 0 aliphatic heterocycles. The fraction of sp³-hybridized carbons (Fsp3) is 0.111. The molecule has 0 spiro atoms. The van der Waals surface area contributed by atoms with E-state index in [-0.39, 0.29) is 12.2 Å². The number of nitrogens with two attached hydrogens (primary N) is 1. The number of aromatic hydroxyl groups is 1. The molecule has 14 heavy (non-hydrogen) atoms. The van der Waals surface area contributed by atoms with Crippen LogP contribution in [-0.4, -0.2) is 21.2 Å². The molecule has 0 saturated heterocycles. The maximum absolute atomic E-state index is 10.7. The lowest BCUT2D eigenvalue weighted by Crippen LogP contribution is -2.13. The minimum Gasteiger partial charge on any atom is -0.508 e. The van der Waals surface area contributed by atoms with Gasteiger partial charge in [-0.1, -0.05) is 0 Å². The number of benzene rings is 1. The fourth-order valence-corrected chi connectivity index (χ4v) is 1.36. The van der Waals surface area contributed by atoms with E-state index in [4.69, 9.17) is 5.73 Å². The number of carbonyl (C=O) groups excluding carboxylic acids is 1. The molecule has 5 heteroatoms. The molecule has 0 unspecified atom stereocenters. The van der Waals surface area contributed by atoms with Crippen molar-refractivity contribution in [2.24, 2.45) is 5.73 Å². The average Bonchev–Trinajstić information content (AvgIpc) is 2.47. The highest BCUT2D eigenvalue weighted by molar-refractivity contribution is 5.87. The van der Waals surface area contributed by atoms with Gasteiger partial charge in [0.2, 0.25) is 5.91 Å². The minimum absolute atomic E-state index is 0.0972. The monoisotopic (exact) mass is 191 g/mol. The molecule has 0 saturated carbocycles. The van der Waals surface area contributed by atoms with E-state index < -0.39 is 5.91 Å². The summed E-state index contributed by atoms with van der Waals surface area (Å²) < 4.78 is 0. The first kappa shape index (κ1) is 8.55. The van der Waals surface area contributed by atoms with E-state index in [1.54, 1.807) is 12.1 Å². The highest BCUT2D eigenvalue weighted by atomic mass is 16.3. The fourth-order valence-electron chi connectivity index (χ4n) is 1.36. The Morgan fingerprint density at radius 1 is 1.57 bits per heavy atom. The van der Waals surface area contributed by atoms with Crippen LogP contribution in [0, 0.1) is 0 Å². The SMILES string of the molecule is NC(=O)Cc1[nH]nc2ccc(O)cc12. The van der Waals surface area contributed by atoms with E-state index in [1.165, 1.54) is 6.07 Å². The molecule has 0 bridgehead atoms. The van der Waals surface area contributed by atoms with Gasteiger partial charge < -0.3 is 10.8 Å². The number of nitrogens with zero attached hydrogens (tertiary/aromatic N) is 1. The van der Waals surface area contributed by atoms with E-state index in [0.29, 0.717) is 11.2 Å².